The molecular formula is C9H15NO4. The molecule has 0 bridgehead atoms. The molecule has 5 heteroatoms. The fraction of sp³-hybridized carbons (Fsp3) is 0.556. The third-order valence-corrected chi connectivity index (χ3v) is 1.57. The third-order valence-electron chi connectivity index (χ3n) is 1.57. The Morgan fingerprint density at radius 1 is 1.50 bits per heavy atom. The van der Waals surface area contributed by atoms with E-state index in [2.05, 4.69) is 4.74 Å². The lowest BCUT2D eigenvalue weighted by molar-refractivity contribution is -0.148. The van der Waals surface area contributed by atoms with Crippen LogP contribution in [0.5, 0.6) is 0 Å². The summed E-state index contributed by atoms with van der Waals surface area (Å²) in [6.45, 7) is 3.38. The Bertz CT molecular complexity index is 247. The van der Waals surface area contributed by atoms with Gasteiger partial charge in [-0.15, -0.1) is 0 Å². The summed E-state index contributed by atoms with van der Waals surface area (Å²) in [5.74, 6) is -0.689. The fourth-order valence-corrected chi connectivity index (χ4v) is 0.694. The Morgan fingerprint density at radius 3 is 2.50 bits per heavy atom. The topological polar surface area (TPSA) is 78.6 Å². The van der Waals surface area contributed by atoms with Crippen molar-refractivity contribution in [3.8, 4) is 0 Å². The normalized spacial score (nSPS) is 13.3. The van der Waals surface area contributed by atoms with Crippen molar-refractivity contribution in [2.24, 2.45) is 5.73 Å². The summed E-state index contributed by atoms with van der Waals surface area (Å²) >= 11 is 0. The molecule has 0 aliphatic heterocycles. The first-order valence-corrected chi connectivity index (χ1v) is 4.18. The minimum atomic E-state index is -0.961. The molecule has 80 valence electrons. The minimum Gasteiger partial charge on any atom is -0.468 e. The van der Waals surface area contributed by atoms with Crippen LogP contribution < -0.4 is 5.73 Å². The summed E-state index contributed by atoms with van der Waals surface area (Å²) in [4.78, 5) is 21.9. The number of carbonyl (C=O) groups excluding carboxylic acids is 2. The standard InChI is InChI=1S/C9H15NO4/c1-4-6(2)14-8(11)5-7(10)9(12)13-3/h4,7H,5,10H2,1-3H3/b6-4+/t7-/m1/s1. The third kappa shape index (κ3) is 4.61. The Labute approximate surface area is 82.9 Å². The van der Waals surface area contributed by atoms with Gasteiger partial charge in [-0.1, -0.05) is 0 Å². The summed E-state index contributed by atoms with van der Waals surface area (Å²) in [7, 11) is 1.21. The van der Waals surface area contributed by atoms with Crippen LogP contribution in [-0.2, 0) is 19.1 Å². The van der Waals surface area contributed by atoms with Crippen LogP contribution in [0, 0.1) is 0 Å². The van der Waals surface area contributed by atoms with E-state index in [1.807, 2.05) is 0 Å². The molecule has 0 aromatic rings. The molecule has 0 aromatic carbocycles. The van der Waals surface area contributed by atoms with Gasteiger partial charge in [0.05, 0.1) is 13.5 Å². The first kappa shape index (κ1) is 12.6. The van der Waals surface area contributed by atoms with Crippen LogP contribution in [0.1, 0.15) is 20.3 Å². The van der Waals surface area contributed by atoms with Gasteiger partial charge in [-0.05, 0) is 19.9 Å². The lowest BCUT2D eigenvalue weighted by Gasteiger charge is -2.08. The van der Waals surface area contributed by atoms with Crippen LogP contribution >= 0.6 is 0 Å². The van der Waals surface area contributed by atoms with Crippen molar-refractivity contribution in [3.05, 3.63) is 11.8 Å². The maximum Gasteiger partial charge on any atom is 0.323 e. The molecule has 0 radical (unpaired) electrons. The number of rotatable bonds is 4. The molecule has 0 heterocycles. The number of carbonyl (C=O) groups is 2. The monoisotopic (exact) mass is 201 g/mol. The minimum absolute atomic E-state index is 0.183. The number of esters is 2. The summed E-state index contributed by atoms with van der Waals surface area (Å²) in [6, 6.07) is -0.961. The van der Waals surface area contributed by atoms with E-state index in [0.29, 0.717) is 5.76 Å². The van der Waals surface area contributed by atoms with Gasteiger partial charge in [-0.3, -0.25) is 9.59 Å². The molecule has 1 atom stereocenters. The first-order chi connectivity index (χ1) is 6.51. The Hall–Kier alpha value is -1.36. The summed E-state index contributed by atoms with van der Waals surface area (Å²) in [5.41, 5.74) is 5.35. The van der Waals surface area contributed by atoms with Crippen molar-refractivity contribution in [2.45, 2.75) is 26.3 Å². The van der Waals surface area contributed by atoms with E-state index in [-0.39, 0.29) is 6.42 Å². The van der Waals surface area contributed by atoms with Crippen molar-refractivity contribution < 1.29 is 19.1 Å². The zero-order valence-electron chi connectivity index (χ0n) is 8.57. The average molecular weight is 201 g/mol. The van der Waals surface area contributed by atoms with Gasteiger partial charge in [0.1, 0.15) is 11.8 Å². The van der Waals surface area contributed by atoms with E-state index < -0.39 is 18.0 Å². The van der Waals surface area contributed by atoms with Gasteiger partial charge in [0, 0.05) is 0 Å². The molecule has 0 unspecified atom stereocenters. The number of ether oxygens (including phenoxy) is 2. The van der Waals surface area contributed by atoms with Crippen LogP contribution in [0.15, 0.2) is 11.8 Å². The van der Waals surface area contributed by atoms with E-state index in [1.54, 1.807) is 19.9 Å². The Balaban J connectivity index is 4.01. The highest BCUT2D eigenvalue weighted by molar-refractivity contribution is 5.82. The second-order valence-electron chi connectivity index (χ2n) is 2.71. The predicted octanol–water partition coefficient (Wildman–Crippen LogP) is 0.344. The highest BCUT2D eigenvalue weighted by Gasteiger charge is 2.18. The summed E-state index contributed by atoms with van der Waals surface area (Å²) < 4.78 is 9.16. The van der Waals surface area contributed by atoms with Crippen LogP contribution in [0.25, 0.3) is 0 Å². The highest BCUT2D eigenvalue weighted by atomic mass is 16.5. The predicted molar refractivity (Wildman–Crippen MR) is 50.1 cm³/mol. The van der Waals surface area contributed by atoms with E-state index in [4.69, 9.17) is 10.5 Å². The molecule has 0 aliphatic rings. The van der Waals surface area contributed by atoms with E-state index in [1.165, 1.54) is 7.11 Å². The van der Waals surface area contributed by atoms with Crippen molar-refractivity contribution in [1.82, 2.24) is 0 Å². The molecule has 0 saturated carbocycles. The van der Waals surface area contributed by atoms with Crippen molar-refractivity contribution >= 4 is 11.9 Å². The molecule has 0 saturated heterocycles. The zero-order chi connectivity index (χ0) is 11.1. The highest BCUT2D eigenvalue weighted by Crippen LogP contribution is 2.00. The lowest BCUT2D eigenvalue weighted by Crippen LogP contribution is -2.34. The first-order valence-electron chi connectivity index (χ1n) is 4.18. The number of methoxy groups -OCH3 is 1. The largest absolute Gasteiger partial charge is 0.468 e. The van der Waals surface area contributed by atoms with Crippen LogP contribution in [0.2, 0.25) is 0 Å². The quantitative estimate of drug-likeness (QED) is 0.524. The average Bonchev–Trinajstić information content (AvgIpc) is 2.15. The molecule has 0 spiro atoms. The van der Waals surface area contributed by atoms with Crippen molar-refractivity contribution in [2.75, 3.05) is 7.11 Å². The number of allylic oxidation sites excluding steroid dienone is 2. The molecule has 2 N–H and O–H groups in total. The smallest absolute Gasteiger partial charge is 0.323 e. The molecule has 14 heavy (non-hydrogen) atoms. The summed E-state index contributed by atoms with van der Waals surface area (Å²) in [5, 5.41) is 0. The van der Waals surface area contributed by atoms with Crippen LogP contribution in [-0.4, -0.2) is 25.1 Å². The number of hydrogen-bond acceptors (Lipinski definition) is 5. The molecule has 0 aliphatic carbocycles. The lowest BCUT2D eigenvalue weighted by atomic mass is 10.2. The van der Waals surface area contributed by atoms with Crippen LogP contribution in [0.3, 0.4) is 0 Å². The van der Waals surface area contributed by atoms with Gasteiger partial charge in [-0.25, -0.2) is 0 Å². The zero-order valence-corrected chi connectivity index (χ0v) is 8.57. The Kier molecular flexibility index (Phi) is 5.55. The molecule has 0 fully saturated rings. The Morgan fingerprint density at radius 2 is 2.07 bits per heavy atom. The molecule has 5 nitrogen and oxygen atoms in total. The fourth-order valence-electron chi connectivity index (χ4n) is 0.694. The van der Waals surface area contributed by atoms with Crippen molar-refractivity contribution in [3.63, 3.8) is 0 Å². The van der Waals surface area contributed by atoms with Gasteiger partial charge in [-0.2, -0.15) is 0 Å². The van der Waals surface area contributed by atoms with Crippen LogP contribution in [0.4, 0.5) is 0 Å². The van der Waals surface area contributed by atoms with E-state index in [9.17, 15) is 9.59 Å². The maximum atomic E-state index is 11.1. The van der Waals surface area contributed by atoms with Gasteiger partial charge in [0.2, 0.25) is 0 Å². The summed E-state index contributed by atoms with van der Waals surface area (Å²) in [6.07, 6.45) is 1.46. The molecule has 0 rings (SSSR count). The second kappa shape index (κ2) is 6.15. The van der Waals surface area contributed by atoms with Gasteiger partial charge >= 0.3 is 11.9 Å². The maximum absolute atomic E-state index is 11.1. The van der Waals surface area contributed by atoms with Gasteiger partial charge < -0.3 is 15.2 Å². The number of nitrogens with two attached hydrogens (primary N) is 1. The van der Waals surface area contributed by atoms with Gasteiger partial charge in [0.15, 0.2) is 0 Å². The molecular weight excluding hydrogens is 186 g/mol. The number of hydrogen-bond donors (Lipinski definition) is 1. The van der Waals surface area contributed by atoms with E-state index in [0.717, 1.165) is 0 Å². The van der Waals surface area contributed by atoms with E-state index >= 15 is 0 Å². The SMILES string of the molecule is C/C=C(\C)OC(=O)C[C@@H](N)C(=O)OC. The van der Waals surface area contributed by atoms with Gasteiger partial charge in [0.25, 0.3) is 0 Å². The second-order valence-corrected chi connectivity index (χ2v) is 2.71. The van der Waals surface area contributed by atoms with Crippen molar-refractivity contribution in [1.29, 1.82) is 0 Å². The molecule has 0 amide bonds. The molecule has 0 aromatic heterocycles.